The van der Waals surface area contributed by atoms with Crippen molar-refractivity contribution < 1.29 is 0 Å². The number of fused-ring (bicyclic) bond motifs is 1. The molecule has 0 radical (unpaired) electrons. The van der Waals surface area contributed by atoms with E-state index in [0.717, 1.165) is 39.1 Å². The molecular weight excluding hydrogens is 350 g/mol. The zero-order valence-corrected chi connectivity index (χ0v) is 14.0. The summed E-state index contributed by atoms with van der Waals surface area (Å²) in [5.74, 6) is 1.56. The summed E-state index contributed by atoms with van der Waals surface area (Å²) in [7, 11) is 0. The Morgan fingerprint density at radius 2 is 2.05 bits per heavy atom. The second kappa shape index (κ2) is 6.16. The normalized spacial score (nSPS) is 11.2. The van der Waals surface area contributed by atoms with Gasteiger partial charge < -0.3 is 4.57 Å². The first kappa shape index (κ1) is 14.5. The Hall–Kier alpha value is -1.39. The number of aromatic nitrogens is 3. The highest BCUT2D eigenvalue weighted by Crippen LogP contribution is 2.22. The average Bonchev–Trinajstić information content (AvgIpc) is 2.77. The summed E-state index contributed by atoms with van der Waals surface area (Å²) in [5, 5.41) is 0. The molecule has 0 unspecified atom stereocenters. The molecule has 0 N–H and O–H groups in total. The van der Waals surface area contributed by atoms with Gasteiger partial charge in [0.25, 0.3) is 0 Å². The molecule has 0 aliphatic heterocycles. The van der Waals surface area contributed by atoms with E-state index in [1.807, 2.05) is 37.3 Å². The van der Waals surface area contributed by atoms with Crippen LogP contribution in [0.4, 0.5) is 0 Å². The van der Waals surface area contributed by atoms with E-state index in [2.05, 4.69) is 31.5 Å². The van der Waals surface area contributed by atoms with Crippen LogP contribution in [0.15, 0.2) is 40.9 Å². The topological polar surface area (TPSA) is 30.7 Å². The molecule has 3 aromatic rings. The molecule has 0 saturated heterocycles. The average molecular weight is 365 g/mol. The standard InChI is InChI=1S/C16H15BrClN3/c1-11-3-2-4-13(19-11)10-21-15-9-12(17)5-6-14(15)20-16(21)7-8-18/h2-6,9H,7-8,10H2,1H3. The van der Waals surface area contributed by atoms with Crippen LogP contribution in [0.5, 0.6) is 0 Å². The fourth-order valence-electron chi connectivity index (χ4n) is 2.45. The van der Waals surface area contributed by atoms with E-state index in [9.17, 15) is 0 Å². The molecule has 2 heterocycles. The van der Waals surface area contributed by atoms with Gasteiger partial charge in [-0.05, 0) is 37.3 Å². The molecule has 3 rings (SSSR count). The molecule has 0 aliphatic rings. The van der Waals surface area contributed by atoms with Gasteiger partial charge in [-0.15, -0.1) is 11.6 Å². The Morgan fingerprint density at radius 3 is 2.81 bits per heavy atom. The molecule has 0 spiro atoms. The minimum absolute atomic E-state index is 0.561. The van der Waals surface area contributed by atoms with Gasteiger partial charge in [-0.1, -0.05) is 22.0 Å². The molecule has 2 aromatic heterocycles. The lowest BCUT2D eigenvalue weighted by Crippen LogP contribution is -2.07. The quantitative estimate of drug-likeness (QED) is 0.645. The monoisotopic (exact) mass is 363 g/mol. The number of rotatable bonds is 4. The van der Waals surface area contributed by atoms with Crippen LogP contribution in [0.25, 0.3) is 11.0 Å². The summed E-state index contributed by atoms with van der Waals surface area (Å²) in [5.41, 5.74) is 4.15. The molecule has 21 heavy (non-hydrogen) atoms. The number of benzene rings is 1. The highest BCUT2D eigenvalue weighted by atomic mass is 79.9. The number of hydrogen-bond acceptors (Lipinski definition) is 2. The van der Waals surface area contributed by atoms with Crippen LogP contribution >= 0.6 is 27.5 Å². The third-order valence-corrected chi connectivity index (χ3v) is 4.06. The molecule has 0 fully saturated rings. The number of halogens is 2. The molecule has 0 amide bonds. The Bertz CT molecular complexity index is 782. The third-order valence-electron chi connectivity index (χ3n) is 3.37. The fourth-order valence-corrected chi connectivity index (χ4v) is 2.97. The number of pyridine rings is 1. The SMILES string of the molecule is Cc1cccc(Cn2c(CCCl)nc3ccc(Br)cc32)n1. The first-order chi connectivity index (χ1) is 10.2. The summed E-state index contributed by atoms with van der Waals surface area (Å²) in [6.07, 6.45) is 0.750. The predicted molar refractivity (Wildman–Crippen MR) is 89.9 cm³/mol. The van der Waals surface area contributed by atoms with E-state index in [1.165, 1.54) is 0 Å². The van der Waals surface area contributed by atoms with E-state index >= 15 is 0 Å². The van der Waals surface area contributed by atoms with Crippen molar-refractivity contribution in [2.45, 2.75) is 19.9 Å². The van der Waals surface area contributed by atoms with Crippen LogP contribution in [0, 0.1) is 6.92 Å². The summed E-state index contributed by atoms with van der Waals surface area (Å²) in [6.45, 7) is 2.71. The van der Waals surface area contributed by atoms with Gasteiger partial charge in [0.2, 0.25) is 0 Å². The molecule has 108 valence electrons. The summed E-state index contributed by atoms with van der Waals surface area (Å²) in [4.78, 5) is 9.28. The smallest absolute Gasteiger partial charge is 0.111 e. The van der Waals surface area contributed by atoms with Crippen molar-refractivity contribution in [3.8, 4) is 0 Å². The van der Waals surface area contributed by atoms with E-state index in [1.54, 1.807) is 0 Å². The Labute approximate surface area is 137 Å². The van der Waals surface area contributed by atoms with Gasteiger partial charge in [0.15, 0.2) is 0 Å². The first-order valence-electron chi connectivity index (χ1n) is 6.80. The number of alkyl halides is 1. The van der Waals surface area contributed by atoms with E-state index in [-0.39, 0.29) is 0 Å². The summed E-state index contributed by atoms with van der Waals surface area (Å²) >= 11 is 9.45. The second-order valence-corrected chi connectivity index (χ2v) is 6.25. The maximum atomic E-state index is 5.92. The summed E-state index contributed by atoms with van der Waals surface area (Å²) < 4.78 is 3.25. The number of imidazole rings is 1. The number of hydrogen-bond donors (Lipinski definition) is 0. The fraction of sp³-hybridized carbons (Fsp3) is 0.250. The molecule has 0 aliphatic carbocycles. The Balaban J connectivity index is 2.10. The lowest BCUT2D eigenvalue weighted by Gasteiger charge is -2.09. The van der Waals surface area contributed by atoms with Crippen molar-refractivity contribution in [3.05, 3.63) is 58.1 Å². The maximum Gasteiger partial charge on any atom is 0.111 e. The zero-order valence-electron chi connectivity index (χ0n) is 11.7. The largest absolute Gasteiger partial charge is 0.322 e. The summed E-state index contributed by atoms with van der Waals surface area (Å²) in [6, 6.07) is 12.2. The molecule has 5 heteroatoms. The molecule has 0 atom stereocenters. The predicted octanol–water partition coefficient (Wildman–Crippen LogP) is 4.33. The highest BCUT2D eigenvalue weighted by molar-refractivity contribution is 9.10. The third kappa shape index (κ3) is 3.11. The van der Waals surface area contributed by atoms with Gasteiger partial charge in [0, 0.05) is 22.5 Å². The maximum absolute atomic E-state index is 5.92. The lowest BCUT2D eigenvalue weighted by molar-refractivity contribution is 0.735. The van der Waals surface area contributed by atoms with Crippen LogP contribution in [-0.2, 0) is 13.0 Å². The minimum Gasteiger partial charge on any atom is -0.322 e. The number of aryl methyl sites for hydroxylation is 2. The van der Waals surface area contributed by atoms with E-state index in [4.69, 9.17) is 16.6 Å². The van der Waals surface area contributed by atoms with Gasteiger partial charge >= 0.3 is 0 Å². The van der Waals surface area contributed by atoms with Crippen molar-refractivity contribution in [2.24, 2.45) is 0 Å². The number of nitrogens with zero attached hydrogens (tertiary/aromatic N) is 3. The van der Waals surface area contributed by atoms with Crippen LogP contribution in [0.2, 0.25) is 0 Å². The van der Waals surface area contributed by atoms with Gasteiger partial charge in [0.1, 0.15) is 5.82 Å². The minimum atomic E-state index is 0.561. The van der Waals surface area contributed by atoms with E-state index in [0.29, 0.717) is 12.4 Å². The molecule has 0 bridgehead atoms. The Morgan fingerprint density at radius 1 is 1.19 bits per heavy atom. The van der Waals surface area contributed by atoms with Crippen molar-refractivity contribution in [3.63, 3.8) is 0 Å². The second-order valence-electron chi connectivity index (χ2n) is 4.96. The first-order valence-corrected chi connectivity index (χ1v) is 8.13. The van der Waals surface area contributed by atoms with Crippen LogP contribution < -0.4 is 0 Å². The molecule has 3 nitrogen and oxygen atoms in total. The van der Waals surface area contributed by atoms with Crippen molar-refractivity contribution >= 4 is 38.6 Å². The van der Waals surface area contributed by atoms with Gasteiger partial charge in [0.05, 0.1) is 23.3 Å². The molecule has 1 aromatic carbocycles. The molecular formula is C16H15BrClN3. The van der Waals surface area contributed by atoms with Gasteiger partial charge in [-0.2, -0.15) is 0 Å². The molecule has 0 saturated carbocycles. The zero-order chi connectivity index (χ0) is 14.8. The Kier molecular flexibility index (Phi) is 4.27. The van der Waals surface area contributed by atoms with Gasteiger partial charge in [-0.3, -0.25) is 4.98 Å². The van der Waals surface area contributed by atoms with Gasteiger partial charge in [-0.25, -0.2) is 4.98 Å². The van der Waals surface area contributed by atoms with Crippen LogP contribution in [0.1, 0.15) is 17.2 Å². The van der Waals surface area contributed by atoms with Crippen LogP contribution in [0.3, 0.4) is 0 Å². The highest BCUT2D eigenvalue weighted by Gasteiger charge is 2.11. The van der Waals surface area contributed by atoms with Crippen LogP contribution in [-0.4, -0.2) is 20.4 Å². The lowest BCUT2D eigenvalue weighted by atomic mass is 10.3. The van der Waals surface area contributed by atoms with E-state index < -0.39 is 0 Å². The van der Waals surface area contributed by atoms with Crippen molar-refractivity contribution in [1.29, 1.82) is 0 Å². The van der Waals surface area contributed by atoms with Crippen molar-refractivity contribution in [2.75, 3.05) is 5.88 Å². The van der Waals surface area contributed by atoms with Crippen molar-refractivity contribution in [1.82, 2.24) is 14.5 Å².